The summed E-state index contributed by atoms with van der Waals surface area (Å²) >= 11 is 12.1. The average Bonchev–Trinajstić information content (AvgIpc) is 2.91. The van der Waals surface area contributed by atoms with E-state index in [1.54, 1.807) is 35.2 Å². The van der Waals surface area contributed by atoms with Gasteiger partial charge in [0.2, 0.25) is 0 Å². The van der Waals surface area contributed by atoms with Crippen LogP contribution in [0.5, 0.6) is 0 Å². The third kappa shape index (κ3) is 5.68. The molecule has 1 fully saturated rings. The number of benzene rings is 3. The molecule has 0 aliphatic carbocycles. The van der Waals surface area contributed by atoms with Crippen molar-refractivity contribution in [3.63, 3.8) is 0 Å². The molecule has 0 N–H and O–H groups in total. The molecule has 10 heteroatoms. The lowest BCUT2D eigenvalue weighted by Gasteiger charge is -2.35. The Labute approximate surface area is 230 Å². The van der Waals surface area contributed by atoms with Crippen LogP contribution in [0.25, 0.3) is 10.9 Å². The molecule has 0 saturated carbocycles. The molecular weight excluding hydrogens is 548 g/mol. The van der Waals surface area contributed by atoms with Crippen molar-refractivity contribution in [1.82, 2.24) is 14.8 Å². The predicted molar refractivity (Wildman–Crippen MR) is 147 cm³/mol. The SMILES string of the molecule is O=C(c1ccc(CS(=O)(=O)c2cccc3cccnc23)c(F)c1)N1CCN(Cc2ccc(Cl)c(Cl)c2)CC1. The Morgan fingerprint density at radius 3 is 2.42 bits per heavy atom. The molecule has 1 aliphatic rings. The number of carbonyl (C=O) groups is 1. The van der Waals surface area contributed by atoms with Crippen LogP contribution in [0.2, 0.25) is 10.0 Å². The Bertz CT molecular complexity index is 1620. The molecule has 1 aliphatic heterocycles. The fourth-order valence-electron chi connectivity index (χ4n) is 4.59. The minimum atomic E-state index is -3.87. The molecule has 3 aromatic carbocycles. The van der Waals surface area contributed by atoms with Gasteiger partial charge in [0, 0.05) is 55.4 Å². The van der Waals surface area contributed by atoms with Crippen molar-refractivity contribution in [2.75, 3.05) is 26.2 Å². The quantitative estimate of drug-likeness (QED) is 0.300. The van der Waals surface area contributed by atoms with E-state index in [1.165, 1.54) is 24.4 Å². The van der Waals surface area contributed by atoms with E-state index in [1.807, 2.05) is 12.1 Å². The Hall–Kier alpha value is -3.04. The van der Waals surface area contributed by atoms with E-state index in [0.29, 0.717) is 53.7 Å². The highest BCUT2D eigenvalue weighted by Gasteiger charge is 2.25. The molecule has 5 rings (SSSR count). The van der Waals surface area contributed by atoms with Crippen molar-refractivity contribution >= 4 is 49.8 Å². The molecule has 1 amide bonds. The fraction of sp³-hybridized carbons (Fsp3) is 0.214. The molecule has 2 heterocycles. The molecule has 0 unspecified atom stereocenters. The van der Waals surface area contributed by atoms with Gasteiger partial charge in [0.25, 0.3) is 5.91 Å². The highest BCUT2D eigenvalue weighted by Crippen LogP contribution is 2.26. The zero-order valence-corrected chi connectivity index (χ0v) is 22.6. The van der Waals surface area contributed by atoms with Crippen molar-refractivity contribution in [3.8, 4) is 0 Å². The number of sulfone groups is 1. The van der Waals surface area contributed by atoms with Gasteiger partial charge in [-0.3, -0.25) is 14.7 Å². The fourth-order valence-corrected chi connectivity index (χ4v) is 6.47. The maximum absolute atomic E-state index is 15.0. The normalized spacial score (nSPS) is 14.7. The van der Waals surface area contributed by atoms with Gasteiger partial charge in [-0.2, -0.15) is 0 Å². The van der Waals surface area contributed by atoms with Gasteiger partial charge in [-0.1, -0.05) is 53.5 Å². The zero-order valence-electron chi connectivity index (χ0n) is 20.3. The lowest BCUT2D eigenvalue weighted by molar-refractivity contribution is 0.0628. The first-order valence-corrected chi connectivity index (χ1v) is 14.4. The molecule has 0 radical (unpaired) electrons. The first-order chi connectivity index (χ1) is 18.2. The van der Waals surface area contributed by atoms with Gasteiger partial charge in [-0.05, 0) is 42.0 Å². The van der Waals surface area contributed by atoms with Crippen LogP contribution in [0.3, 0.4) is 0 Å². The first-order valence-electron chi connectivity index (χ1n) is 12.0. The number of rotatable bonds is 6. The molecule has 6 nitrogen and oxygen atoms in total. The van der Waals surface area contributed by atoms with Gasteiger partial charge in [0.1, 0.15) is 5.82 Å². The van der Waals surface area contributed by atoms with Crippen LogP contribution in [0.4, 0.5) is 4.39 Å². The van der Waals surface area contributed by atoms with Crippen molar-refractivity contribution in [2.45, 2.75) is 17.2 Å². The van der Waals surface area contributed by atoms with Crippen LogP contribution in [0.15, 0.2) is 77.8 Å². The van der Waals surface area contributed by atoms with Crippen molar-refractivity contribution in [2.24, 2.45) is 0 Å². The molecule has 1 aromatic heterocycles. The van der Waals surface area contributed by atoms with E-state index in [4.69, 9.17) is 23.2 Å². The van der Waals surface area contributed by atoms with Crippen LogP contribution >= 0.6 is 23.2 Å². The zero-order chi connectivity index (χ0) is 26.9. The second kappa shape index (κ2) is 11.0. The maximum atomic E-state index is 15.0. The van der Waals surface area contributed by atoms with E-state index in [2.05, 4.69) is 9.88 Å². The van der Waals surface area contributed by atoms with Crippen LogP contribution in [0.1, 0.15) is 21.5 Å². The molecule has 0 bridgehead atoms. The summed E-state index contributed by atoms with van der Waals surface area (Å²) in [6.45, 7) is 2.98. The lowest BCUT2D eigenvalue weighted by atomic mass is 10.1. The van der Waals surface area contributed by atoms with Crippen molar-refractivity contribution in [3.05, 3.63) is 105 Å². The summed E-state index contributed by atoms with van der Waals surface area (Å²) in [7, 11) is -3.87. The second-order valence-corrected chi connectivity index (χ2v) is 12.0. The minimum Gasteiger partial charge on any atom is -0.336 e. The van der Waals surface area contributed by atoms with Gasteiger partial charge in [-0.15, -0.1) is 0 Å². The highest BCUT2D eigenvalue weighted by molar-refractivity contribution is 7.90. The summed E-state index contributed by atoms with van der Waals surface area (Å²) in [5.41, 5.74) is 1.57. The number of aromatic nitrogens is 1. The number of halogens is 3. The average molecular weight is 572 g/mol. The lowest BCUT2D eigenvalue weighted by Crippen LogP contribution is -2.48. The molecule has 38 heavy (non-hydrogen) atoms. The van der Waals surface area contributed by atoms with Gasteiger partial charge in [-0.25, -0.2) is 12.8 Å². The largest absolute Gasteiger partial charge is 0.336 e. The Morgan fingerprint density at radius 2 is 1.68 bits per heavy atom. The monoisotopic (exact) mass is 571 g/mol. The number of para-hydroxylation sites is 1. The van der Waals surface area contributed by atoms with E-state index in [0.717, 1.165) is 11.6 Å². The first kappa shape index (κ1) is 26.6. The van der Waals surface area contributed by atoms with E-state index < -0.39 is 21.4 Å². The van der Waals surface area contributed by atoms with E-state index in [9.17, 15) is 13.2 Å². The number of pyridine rings is 1. The Balaban J connectivity index is 1.24. The standard InChI is InChI=1S/C28H24Cl2FN3O3S/c29-23-9-6-19(15-24(23)30)17-33-11-13-34(14-12-33)28(35)21-7-8-22(25(31)16-21)18-38(36,37)26-5-1-3-20-4-2-10-32-27(20)26/h1-10,15-16H,11-14,17-18H2. The minimum absolute atomic E-state index is 0.000860. The van der Waals surface area contributed by atoms with Crippen LogP contribution in [-0.4, -0.2) is 55.3 Å². The smallest absolute Gasteiger partial charge is 0.254 e. The summed E-state index contributed by atoms with van der Waals surface area (Å²) < 4.78 is 41.3. The van der Waals surface area contributed by atoms with Crippen LogP contribution in [-0.2, 0) is 22.1 Å². The van der Waals surface area contributed by atoms with Gasteiger partial charge in [0.15, 0.2) is 9.84 Å². The van der Waals surface area contributed by atoms with Gasteiger partial charge < -0.3 is 4.90 Å². The molecule has 1 saturated heterocycles. The summed E-state index contributed by atoms with van der Waals surface area (Å²) in [6.07, 6.45) is 1.52. The highest BCUT2D eigenvalue weighted by atomic mass is 35.5. The topological polar surface area (TPSA) is 70.6 Å². The predicted octanol–water partition coefficient (Wildman–Crippen LogP) is 5.61. The number of amides is 1. The second-order valence-electron chi connectivity index (χ2n) is 9.21. The van der Waals surface area contributed by atoms with E-state index >= 15 is 4.39 Å². The molecule has 4 aromatic rings. The Kier molecular flexibility index (Phi) is 7.68. The van der Waals surface area contributed by atoms with Crippen molar-refractivity contribution < 1.29 is 17.6 Å². The van der Waals surface area contributed by atoms with Crippen LogP contribution < -0.4 is 0 Å². The number of carbonyl (C=O) groups excluding carboxylic acids is 1. The summed E-state index contributed by atoms with van der Waals surface area (Å²) in [5, 5.41) is 1.70. The molecule has 196 valence electrons. The summed E-state index contributed by atoms with van der Waals surface area (Å²) in [6, 6.07) is 17.9. The number of fused-ring (bicyclic) bond motifs is 1. The van der Waals surface area contributed by atoms with Crippen molar-refractivity contribution in [1.29, 1.82) is 0 Å². The number of nitrogens with zero attached hydrogens (tertiary/aromatic N) is 3. The maximum Gasteiger partial charge on any atom is 0.254 e. The molecule has 0 atom stereocenters. The summed E-state index contributed by atoms with van der Waals surface area (Å²) in [4.78, 5) is 21.2. The summed E-state index contributed by atoms with van der Waals surface area (Å²) in [5.74, 6) is -1.55. The number of hydrogen-bond donors (Lipinski definition) is 0. The molecule has 0 spiro atoms. The number of hydrogen-bond acceptors (Lipinski definition) is 5. The third-order valence-corrected chi connectivity index (χ3v) is 9.06. The third-order valence-electron chi connectivity index (χ3n) is 6.63. The van der Waals surface area contributed by atoms with Gasteiger partial charge in [0.05, 0.1) is 26.2 Å². The van der Waals surface area contributed by atoms with Gasteiger partial charge >= 0.3 is 0 Å². The number of piperazine rings is 1. The Morgan fingerprint density at radius 1 is 0.921 bits per heavy atom. The van der Waals surface area contributed by atoms with E-state index in [-0.39, 0.29) is 21.9 Å². The molecular formula is C28H24Cl2FN3O3S. The van der Waals surface area contributed by atoms with Crippen LogP contribution in [0, 0.1) is 5.82 Å².